The van der Waals surface area contributed by atoms with Crippen molar-refractivity contribution in [3.8, 4) is 11.5 Å². The van der Waals surface area contributed by atoms with Crippen LogP contribution >= 0.6 is 31.9 Å². The van der Waals surface area contributed by atoms with Gasteiger partial charge in [0.25, 0.3) is 0 Å². The van der Waals surface area contributed by atoms with Gasteiger partial charge < -0.3 is 9.47 Å². The predicted octanol–water partition coefficient (Wildman–Crippen LogP) is 5.73. The first-order chi connectivity index (χ1) is 10.8. The minimum absolute atomic E-state index is 0.724. The van der Waals surface area contributed by atoms with Gasteiger partial charge in [-0.05, 0) is 30.9 Å². The van der Waals surface area contributed by atoms with Crippen molar-refractivity contribution in [1.29, 1.82) is 0 Å². The Morgan fingerprint density at radius 3 is 2.18 bits per heavy atom. The van der Waals surface area contributed by atoms with Crippen molar-refractivity contribution in [2.75, 3.05) is 23.9 Å². The molecule has 0 N–H and O–H groups in total. The summed E-state index contributed by atoms with van der Waals surface area (Å²) in [5, 5.41) is 4.19. The van der Waals surface area contributed by atoms with Crippen molar-refractivity contribution < 1.29 is 9.47 Å². The topological polar surface area (TPSA) is 18.5 Å². The second-order valence-corrected chi connectivity index (χ2v) is 6.63. The summed E-state index contributed by atoms with van der Waals surface area (Å²) < 4.78 is 12.1. The zero-order chi connectivity index (χ0) is 15.8. The lowest BCUT2D eigenvalue weighted by atomic mass is 10.0. The summed E-state index contributed by atoms with van der Waals surface area (Å²) in [5.74, 6) is 1.97. The summed E-state index contributed by atoms with van der Waals surface area (Å²) in [4.78, 5) is 0. The lowest BCUT2D eigenvalue weighted by Gasteiger charge is -2.17. The van der Waals surface area contributed by atoms with E-state index < -0.39 is 0 Å². The monoisotopic (exact) mass is 428 g/mol. The fraction of sp³-hybridized carbons (Fsp3) is 0.444. The van der Waals surface area contributed by atoms with Gasteiger partial charge in [-0.25, -0.2) is 0 Å². The Balaban J connectivity index is 2.39. The Morgan fingerprint density at radius 2 is 1.55 bits per heavy atom. The quantitative estimate of drug-likeness (QED) is 0.374. The first-order valence-corrected chi connectivity index (χ1v) is 9.98. The number of hydrogen-bond donors (Lipinski definition) is 0. The molecule has 0 amide bonds. The van der Waals surface area contributed by atoms with Crippen LogP contribution in [-0.4, -0.2) is 23.9 Å². The van der Waals surface area contributed by atoms with Gasteiger partial charge in [0.15, 0.2) is 0 Å². The van der Waals surface area contributed by atoms with Crippen molar-refractivity contribution in [1.82, 2.24) is 0 Å². The molecule has 2 aromatic carbocycles. The van der Waals surface area contributed by atoms with Crippen LogP contribution in [0.4, 0.5) is 0 Å². The highest BCUT2D eigenvalue weighted by Crippen LogP contribution is 2.37. The maximum absolute atomic E-state index is 6.07. The van der Waals surface area contributed by atoms with E-state index in [1.54, 1.807) is 0 Å². The lowest BCUT2D eigenvalue weighted by molar-refractivity contribution is 0.313. The highest BCUT2D eigenvalue weighted by Gasteiger charge is 2.13. The SMILES string of the molecule is CCc1cc(OCCCBr)c2ccccc2c1OCCCBr. The fourth-order valence-electron chi connectivity index (χ4n) is 2.39. The van der Waals surface area contributed by atoms with E-state index in [-0.39, 0.29) is 0 Å². The maximum Gasteiger partial charge on any atom is 0.130 e. The normalized spacial score (nSPS) is 10.9. The summed E-state index contributed by atoms with van der Waals surface area (Å²) in [6.45, 7) is 3.61. The van der Waals surface area contributed by atoms with Gasteiger partial charge in [0.05, 0.1) is 13.2 Å². The van der Waals surface area contributed by atoms with Crippen LogP contribution in [0.1, 0.15) is 25.3 Å². The van der Waals surface area contributed by atoms with Gasteiger partial charge in [-0.15, -0.1) is 0 Å². The molecule has 2 nitrogen and oxygen atoms in total. The molecule has 0 saturated heterocycles. The molecule has 0 saturated carbocycles. The zero-order valence-electron chi connectivity index (χ0n) is 12.9. The van der Waals surface area contributed by atoms with Crippen molar-refractivity contribution in [3.05, 3.63) is 35.9 Å². The van der Waals surface area contributed by atoms with E-state index in [4.69, 9.17) is 9.47 Å². The molecule has 0 aromatic heterocycles. The summed E-state index contributed by atoms with van der Waals surface area (Å²) in [6.07, 6.45) is 2.93. The Hall–Kier alpha value is -0.740. The summed E-state index contributed by atoms with van der Waals surface area (Å²) in [7, 11) is 0. The van der Waals surface area contributed by atoms with E-state index in [1.807, 2.05) is 6.07 Å². The third kappa shape index (κ3) is 4.39. The van der Waals surface area contributed by atoms with E-state index in [9.17, 15) is 0 Å². The molecule has 0 aliphatic carbocycles. The van der Waals surface area contributed by atoms with Gasteiger partial charge in [-0.3, -0.25) is 0 Å². The molecular weight excluding hydrogens is 408 g/mol. The summed E-state index contributed by atoms with van der Waals surface area (Å²) in [5.41, 5.74) is 1.21. The van der Waals surface area contributed by atoms with Crippen molar-refractivity contribution in [2.45, 2.75) is 26.2 Å². The third-order valence-electron chi connectivity index (χ3n) is 3.47. The van der Waals surface area contributed by atoms with E-state index >= 15 is 0 Å². The summed E-state index contributed by atoms with van der Waals surface area (Å²) >= 11 is 6.90. The summed E-state index contributed by atoms with van der Waals surface area (Å²) in [6, 6.07) is 10.5. The average Bonchev–Trinajstić information content (AvgIpc) is 2.56. The van der Waals surface area contributed by atoms with E-state index in [2.05, 4.69) is 63.0 Å². The lowest BCUT2D eigenvalue weighted by Crippen LogP contribution is -2.04. The number of fused-ring (bicyclic) bond motifs is 1. The molecule has 2 aromatic rings. The van der Waals surface area contributed by atoms with Gasteiger partial charge in [0.2, 0.25) is 0 Å². The van der Waals surface area contributed by atoms with E-state index in [0.717, 1.165) is 65.4 Å². The molecule has 0 atom stereocenters. The average molecular weight is 430 g/mol. The molecule has 4 heteroatoms. The van der Waals surface area contributed by atoms with Crippen LogP contribution in [0.15, 0.2) is 30.3 Å². The van der Waals surface area contributed by atoms with Gasteiger partial charge in [-0.1, -0.05) is 63.0 Å². The number of ether oxygens (including phenoxy) is 2. The molecule has 120 valence electrons. The van der Waals surface area contributed by atoms with Crippen LogP contribution < -0.4 is 9.47 Å². The van der Waals surface area contributed by atoms with Crippen LogP contribution in [0, 0.1) is 0 Å². The number of benzene rings is 2. The molecule has 0 radical (unpaired) electrons. The van der Waals surface area contributed by atoms with Crippen molar-refractivity contribution in [2.24, 2.45) is 0 Å². The highest BCUT2D eigenvalue weighted by atomic mass is 79.9. The molecule has 0 bridgehead atoms. The van der Waals surface area contributed by atoms with Crippen molar-refractivity contribution in [3.63, 3.8) is 0 Å². The molecule has 0 aliphatic rings. The maximum atomic E-state index is 6.07. The first-order valence-electron chi connectivity index (χ1n) is 7.74. The Labute approximate surface area is 149 Å². The minimum atomic E-state index is 0.724. The van der Waals surface area contributed by atoms with Gasteiger partial charge in [0, 0.05) is 21.4 Å². The molecule has 0 aliphatic heterocycles. The second kappa shape index (κ2) is 9.41. The van der Waals surface area contributed by atoms with Crippen LogP contribution in [0.5, 0.6) is 11.5 Å². The predicted molar refractivity (Wildman–Crippen MR) is 101 cm³/mol. The molecule has 0 fully saturated rings. The Morgan fingerprint density at radius 1 is 0.909 bits per heavy atom. The van der Waals surface area contributed by atoms with E-state index in [1.165, 1.54) is 5.56 Å². The third-order valence-corrected chi connectivity index (χ3v) is 4.60. The Bertz CT molecular complexity index is 599. The molecule has 0 unspecified atom stereocenters. The number of rotatable bonds is 9. The second-order valence-electron chi connectivity index (χ2n) is 5.04. The molecule has 0 heterocycles. The first kappa shape index (κ1) is 17.6. The van der Waals surface area contributed by atoms with Crippen LogP contribution in [-0.2, 0) is 6.42 Å². The van der Waals surface area contributed by atoms with Crippen LogP contribution in [0.3, 0.4) is 0 Å². The molecule has 2 rings (SSSR count). The van der Waals surface area contributed by atoms with Crippen LogP contribution in [0.25, 0.3) is 10.8 Å². The van der Waals surface area contributed by atoms with Crippen molar-refractivity contribution >= 4 is 42.6 Å². The zero-order valence-corrected chi connectivity index (χ0v) is 16.1. The number of halogens is 2. The minimum Gasteiger partial charge on any atom is -0.493 e. The standard InChI is InChI=1S/C18H22Br2O2/c1-2-14-13-17(21-11-5-9-19)15-7-3-4-8-16(15)18(14)22-12-6-10-20/h3-4,7-8,13H,2,5-6,9-12H2,1H3. The largest absolute Gasteiger partial charge is 0.493 e. The number of aryl methyl sites for hydroxylation is 1. The van der Waals surface area contributed by atoms with Crippen LogP contribution in [0.2, 0.25) is 0 Å². The molecular formula is C18H22Br2O2. The highest BCUT2D eigenvalue weighted by molar-refractivity contribution is 9.09. The number of hydrogen-bond acceptors (Lipinski definition) is 2. The van der Waals surface area contributed by atoms with Gasteiger partial charge in [0.1, 0.15) is 11.5 Å². The van der Waals surface area contributed by atoms with E-state index in [0.29, 0.717) is 0 Å². The smallest absolute Gasteiger partial charge is 0.130 e. The Kier molecular flexibility index (Phi) is 7.53. The number of alkyl halides is 2. The van der Waals surface area contributed by atoms with Gasteiger partial charge in [-0.2, -0.15) is 0 Å². The fourth-order valence-corrected chi connectivity index (χ4v) is 2.85. The molecule has 22 heavy (non-hydrogen) atoms. The molecule has 0 spiro atoms. The van der Waals surface area contributed by atoms with Gasteiger partial charge >= 0.3 is 0 Å².